The van der Waals surface area contributed by atoms with Crippen LogP contribution in [-0.4, -0.2) is 27.4 Å². The Morgan fingerprint density at radius 1 is 0.938 bits per heavy atom. The highest BCUT2D eigenvalue weighted by atomic mass is 32.2. The molecule has 3 aromatic carbocycles. The average molecular weight is 455 g/mol. The van der Waals surface area contributed by atoms with Gasteiger partial charge < -0.3 is 5.32 Å². The zero-order chi connectivity index (χ0) is 23.1. The van der Waals surface area contributed by atoms with Crippen LogP contribution >= 0.6 is 0 Å². The quantitative estimate of drug-likeness (QED) is 0.488. The molecule has 32 heavy (non-hydrogen) atoms. The van der Waals surface area contributed by atoms with Crippen molar-refractivity contribution < 1.29 is 17.6 Å². The first-order valence-electron chi connectivity index (χ1n) is 10.4. The molecular weight excluding hydrogens is 427 g/mol. The van der Waals surface area contributed by atoms with E-state index in [0.29, 0.717) is 25.1 Å². The summed E-state index contributed by atoms with van der Waals surface area (Å²) < 4.78 is 40.9. The van der Waals surface area contributed by atoms with Gasteiger partial charge in [-0.2, -0.15) is 0 Å². The second kappa shape index (κ2) is 10.4. The summed E-state index contributed by atoms with van der Waals surface area (Å²) in [5, 5.41) is 2.80. The predicted octanol–water partition coefficient (Wildman–Crippen LogP) is 4.39. The van der Waals surface area contributed by atoms with Crippen LogP contribution in [-0.2, 0) is 21.2 Å². The molecule has 0 aliphatic heterocycles. The number of para-hydroxylation sites is 1. The number of nitrogens with zero attached hydrogens (tertiary/aromatic N) is 1. The molecule has 0 saturated carbocycles. The third-order valence-corrected chi connectivity index (χ3v) is 6.93. The molecule has 0 aliphatic carbocycles. The fourth-order valence-corrected chi connectivity index (χ4v) is 4.82. The minimum Gasteiger partial charge on any atom is -0.355 e. The number of rotatable bonds is 9. The van der Waals surface area contributed by atoms with E-state index in [1.807, 2.05) is 26.0 Å². The molecule has 0 spiro atoms. The van der Waals surface area contributed by atoms with E-state index in [2.05, 4.69) is 5.32 Å². The Hall–Kier alpha value is -3.19. The summed E-state index contributed by atoms with van der Waals surface area (Å²) in [6.07, 6.45) is 1.34. The topological polar surface area (TPSA) is 66.5 Å². The predicted molar refractivity (Wildman–Crippen MR) is 125 cm³/mol. The second-order valence-corrected chi connectivity index (χ2v) is 9.55. The van der Waals surface area contributed by atoms with Crippen molar-refractivity contribution >= 4 is 21.6 Å². The molecule has 3 rings (SSSR count). The number of carbonyl (C=O) groups is 1. The summed E-state index contributed by atoms with van der Waals surface area (Å²) in [6, 6.07) is 19.9. The van der Waals surface area contributed by atoms with Gasteiger partial charge in [0.25, 0.3) is 10.0 Å². The van der Waals surface area contributed by atoms with Gasteiger partial charge >= 0.3 is 0 Å². The molecule has 0 heterocycles. The Kier molecular flexibility index (Phi) is 7.64. The number of benzene rings is 3. The van der Waals surface area contributed by atoms with Crippen molar-refractivity contribution in [2.45, 2.75) is 31.6 Å². The van der Waals surface area contributed by atoms with Crippen molar-refractivity contribution in [2.24, 2.45) is 0 Å². The Labute approximate surface area is 188 Å². The summed E-state index contributed by atoms with van der Waals surface area (Å²) in [4.78, 5) is 12.8. The number of hydrogen-bond acceptors (Lipinski definition) is 3. The van der Waals surface area contributed by atoms with Gasteiger partial charge in [0.1, 0.15) is 12.4 Å². The van der Waals surface area contributed by atoms with Crippen molar-refractivity contribution in [1.82, 2.24) is 5.32 Å². The molecule has 0 unspecified atom stereocenters. The van der Waals surface area contributed by atoms with Crippen LogP contribution in [0.3, 0.4) is 0 Å². The number of halogens is 1. The lowest BCUT2D eigenvalue weighted by Crippen LogP contribution is -2.41. The number of sulfonamides is 1. The first-order chi connectivity index (χ1) is 15.3. The van der Waals surface area contributed by atoms with Gasteiger partial charge in [-0.05, 0) is 68.1 Å². The van der Waals surface area contributed by atoms with E-state index in [-0.39, 0.29) is 23.2 Å². The molecule has 0 aromatic heterocycles. The largest absolute Gasteiger partial charge is 0.355 e. The van der Waals surface area contributed by atoms with Crippen LogP contribution in [0.15, 0.2) is 77.7 Å². The van der Waals surface area contributed by atoms with Gasteiger partial charge in [0.05, 0.1) is 10.6 Å². The highest BCUT2D eigenvalue weighted by Crippen LogP contribution is 2.26. The first kappa shape index (κ1) is 23.5. The lowest BCUT2D eigenvalue weighted by molar-refractivity contribution is -0.119. The Balaban J connectivity index is 1.71. The van der Waals surface area contributed by atoms with Crippen LogP contribution in [0.25, 0.3) is 0 Å². The highest BCUT2D eigenvalue weighted by molar-refractivity contribution is 7.92. The molecule has 0 atom stereocenters. The van der Waals surface area contributed by atoms with Crippen molar-refractivity contribution in [3.05, 3.63) is 95.3 Å². The number of nitrogens with one attached hydrogen (secondary N) is 1. The molecule has 1 N–H and O–H groups in total. The number of amides is 1. The van der Waals surface area contributed by atoms with Crippen molar-refractivity contribution in [3.8, 4) is 0 Å². The molecular formula is C25H27FN2O3S. The Morgan fingerprint density at radius 2 is 1.59 bits per heavy atom. The standard InChI is InChI=1S/C25H27FN2O3S/c1-19-9-15-23(16-10-19)32(30,31)28(24-8-4-3-6-20(24)2)18-25(29)27-17-5-7-21-11-13-22(26)14-12-21/h3-4,6,8-16H,5,7,17-18H2,1-2H3,(H,27,29). The number of aryl methyl sites for hydroxylation is 3. The number of hydrogen-bond donors (Lipinski definition) is 1. The van der Waals surface area contributed by atoms with Gasteiger partial charge in [0, 0.05) is 6.54 Å². The zero-order valence-corrected chi connectivity index (χ0v) is 19.0. The first-order valence-corrected chi connectivity index (χ1v) is 11.9. The molecule has 3 aromatic rings. The van der Waals surface area contributed by atoms with Crippen LogP contribution in [0.4, 0.5) is 10.1 Å². The summed E-state index contributed by atoms with van der Waals surface area (Å²) in [5.74, 6) is -0.670. The minimum atomic E-state index is -3.93. The lowest BCUT2D eigenvalue weighted by atomic mass is 10.1. The maximum atomic E-state index is 13.4. The molecule has 168 valence electrons. The third-order valence-electron chi connectivity index (χ3n) is 5.16. The van der Waals surface area contributed by atoms with Gasteiger partial charge in [0.2, 0.25) is 5.91 Å². The minimum absolute atomic E-state index is 0.135. The van der Waals surface area contributed by atoms with E-state index in [9.17, 15) is 17.6 Å². The van der Waals surface area contributed by atoms with E-state index in [0.717, 1.165) is 21.0 Å². The maximum Gasteiger partial charge on any atom is 0.264 e. The van der Waals surface area contributed by atoms with Gasteiger partial charge in [0.15, 0.2) is 0 Å². The molecule has 1 amide bonds. The Bertz CT molecular complexity index is 1160. The molecule has 0 fully saturated rings. The molecule has 0 bridgehead atoms. The van der Waals surface area contributed by atoms with Crippen LogP contribution in [0.1, 0.15) is 23.1 Å². The number of anilines is 1. The van der Waals surface area contributed by atoms with Crippen molar-refractivity contribution in [3.63, 3.8) is 0 Å². The van der Waals surface area contributed by atoms with E-state index >= 15 is 0 Å². The average Bonchev–Trinajstić information content (AvgIpc) is 2.77. The van der Waals surface area contributed by atoms with Crippen LogP contribution < -0.4 is 9.62 Å². The molecule has 0 radical (unpaired) electrons. The van der Waals surface area contributed by atoms with E-state index < -0.39 is 10.0 Å². The van der Waals surface area contributed by atoms with Crippen LogP contribution in [0, 0.1) is 19.7 Å². The monoisotopic (exact) mass is 454 g/mol. The summed E-state index contributed by atoms with van der Waals surface area (Å²) in [6.45, 7) is 3.77. The SMILES string of the molecule is Cc1ccc(S(=O)(=O)N(CC(=O)NCCCc2ccc(F)cc2)c2ccccc2C)cc1. The zero-order valence-electron chi connectivity index (χ0n) is 18.2. The van der Waals surface area contributed by atoms with Crippen molar-refractivity contribution in [2.75, 3.05) is 17.4 Å². The fraction of sp³-hybridized carbons (Fsp3) is 0.240. The summed E-state index contributed by atoms with van der Waals surface area (Å²) in [7, 11) is -3.93. The second-order valence-electron chi connectivity index (χ2n) is 7.69. The van der Waals surface area contributed by atoms with Crippen LogP contribution in [0.2, 0.25) is 0 Å². The Morgan fingerprint density at radius 3 is 2.25 bits per heavy atom. The molecule has 7 heteroatoms. The van der Waals surface area contributed by atoms with Gasteiger partial charge in [-0.15, -0.1) is 0 Å². The summed E-state index contributed by atoms with van der Waals surface area (Å²) >= 11 is 0. The molecule has 0 aliphatic rings. The smallest absolute Gasteiger partial charge is 0.264 e. The molecule has 0 saturated heterocycles. The van der Waals surface area contributed by atoms with E-state index in [1.165, 1.54) is 12.1 Å². The highest BCUT2D eigenvalue weighted by Gasteiger charge is 2.28. The molecule has 5 nitrogen and oxygen atoms in total. The van der Waals surface area contributed by atoms with Gasteiger partial charge in [-0.3, -0.25) is 9.10 Å². The van der Waals surface area contributed by atoms with E-state index in [1.54, 1.807) is 48.5 Å². The summed E-state index contributed by atoms with van der Waals surface area (Å²) in [5.41, 5.74) is 3.15. The lowest BCUT2D eigenvalue weighted by Gasteiger charge is -2.25. The normalized spacial score (nSPS) is 11.2. The van der Waals surface area contributed by atoms with Gasteiger partial charge in [-0.25, -0.2) is 12.8 Å². The van der Waals surface area contributed by atoms with Gasteiger partial charge in [-0.1, -0.05) is 48.0 Å². The fourth-order valence-electron chi connectivity index (χ4n) is 3.34. The third kappa shape index (κ3) is 5.95. The van der Waals surface area contributed by atoms with Crippen LogP contribution in [0.5, 0.6) is 0 Å². The van der Waals surface area contributed by atoms with Crippen molar-refractivity contribution in [1.29, 1.82) is 0 Å². The number of carbonyl (C=O) groups excluding carboxylic acids is 1. The maximum absolute atomic E-state index is 13.4. The van der Waals surface area contributed by atoms with E-state index in [4.69, 9.17) is 0 Å².